The number of nitrogens with zero attached hydrogens (tertiary/aromatic N) is 3. The van der Waals surface area contributed by atoms with E-state index in [0.717, 1.165) is 12.1 Å². The number of rotatable bonds is 5. The maximum atomic E-state index is 12.2. The Morgan fingerprint density at radius 2 is 2.05 bits per heavy atom. The molecule has 2 rings (SSSR count). The molecule has 0 aliphatic rings. The van der Waals surface area contributed by atoms with Crippen molar-refractivity contribution < 1.29 is 4.79 Å². The number of nitrogens with one attached hydrogen (secondary N) is 1. The number of likely N-dealkylation sites (N-methyl/N-ethyl adjacent to an activating group) is 1. The molecule has 1 aromatic carbocycles. The Morgan fingerprint density at radius 1 is 1.35 bits per heavy atom. The third kappa shape index (κ3) is 3.68. The van der Waals surface area contributed by atoms with E-state index in [4.69, 9.17) is 0 Å². The fourth-order valence-corrected chi connectivity index (χ4v) is 2.06. The molecular formula is C15H20N4O. The molecule has 5 nitrogen and oxygen atoms in total. The molecule has 2 aromatic rings. The lowest BCUT2D eigenvalue weighted by Gasteiger charge is -2.22. The lowest BCUT2D eigenvalue weighted by atomic mass is 10.1. The van der Waals surface area contributed by atoms with Crippen LogP contribution in [0.25, 0.3) is 0 Å². The lowest BCUT2D eigenvalue weighted by molar-refractivity contribution is 0.0930. The SMILES string of the molecule is CN(C)CC(NC(=O)c1cnn(C)c1)c1ccccc1. The Bertz CT molecular complexity index is 562. The molecule has 1 heterocycles. The Hall–Kier alpha value is -2.14. The van der Waals surface area contributed by atoms with E-state index in [9.17, 15) is 4.79 Å². The van der Waals surface area contributed by atoms with Gasteiger partial charge in [0.25, 0.3) is 5.91 Å². The molecule has 1 atom stereocenters. The van der Waals surface area contributed by atoms with E-state index in [0.29, 0.717) is 5.56 Å². The van der Waals surface area contributed by atoms with Crippen LogP contribution in [-0.2, 0) is 7.05 Å². The molecule has 0 fully saturated rings. The Morgan fingerprint density at radius 3 is 2.60 bits per heavy atom. The van der Waals surface area contributed by atoms with Gasteiger partial charge >= 0.3 is 0 Å². The summed E-state index contributed by atoms with van der Waals surface area (Å²) in [6, 6.07) is 9.94. The first-order chi connectivity index (χ1) is 9.56. The molecule has 0 bridgehead atoms. The van der Waals surface area contributed by atoms with E-state index in [1.165, 1.54) is 0 Å². The second-order valence-electron chi connectivity index (χ2n) is 5.10. The van der Waals surface area contributed by atoms with E-state index in [1.807, 2.05) is 44.4 Å². The quantitative estimate of drug-likeness (QED) is 0.896. The van der Waals surface area contributed by atoms with Crippen LogP contribution in [0.15, 0.2) is 42.7 Å². The molecule has 0 saturated heterocycles. The molecule has 1 amide bonds. The van der Waals surface area contributed by atoms with Gasteiger partial charge in [-0.1, -0.05) is 30.3 Å². The van der Waals surface area contributed by atoms with Gasteiger partial charge in [-0.25, -0.2) is 0 Å². The van der Waals surface area contributed by atoms with Gasteiger partial charge in [0.1, 0.15) is 0 Å². The first kappa shape index (κ1) is 14.3. The second-order valence-corrected chi connectivity index (χ2v) is 5.10. The summed E-state index contributed by atoms with van der Waals surface area (Å²) in [5, 5.41) is 7.08. The summed E-state index contributed by atoms with van der Waals surface area (Å²) in [7, 11) is 5.78. The summed E-state index contributed by atoms with van der Waals surface area (Å²) in [5.74, 6) is -0.103. The maximum absolute atomic E-state index is 12.2. The van der Waals surface area contributed by atoms with Crippen LogP contribution in [0.3, 0.4) is 0 Å². The van der Waals surface area contributed by atoms with Crippen molar-refractivity contribution in [1.29, 1.82) is 0 Å². The fraction of sp³-hybridized carbons (Fsp3) is 0.333. The number of hydrogen-bond donors (Lipinski definition) is 1. The normalized spacial score (nSPS) is 12.4. The van der Waals surface area contributed by atoms with Gasteiger partial charge in [0.05, 0.1) is 17.8 Å². The minimum atomic E-state index is -0.103. The fourth-order valence-electron chi connectivity index (χ4n) is 2.06. The van der Waals surface area contributed by atoms with Crippen molar-refractivity contribution >= 4 is 5.91 Å². The van der Waals surface area contributed by atoms with Gasteiger partial charge in [0, 0.05) is 19.8 Å². The molecule has 5 heteroatoms. The molecule has 0 saturated carbocycles. The number of carbonyl (C=O) groups is 1. The largest absolute Gasteiger partial charge is 0.344 e. The summed E-state index contributed by atoms with van der Waals surface area (Å²) in [4.78, 5) is 14.3. The minimum Gasteiger partial charge on any atom is -0.344 e. The van der Waals surface area contributed by atoms with E-state index in [1.54, 1.807) is 24.1 Å². The molecule has 0 aliphatic heterocycles. The van der Waals surface area contributed by atoms with E-state index < -0.39 is 0 Å². The van der Waals surface area contributed by atoms with Crippen LogP contribution >= 0.6 is 0 Å². The lowest BCUT2D eigenvalue weighted by Crippen LogP contribution is -2.35. The van der Waals surface area contributed by atoms with Gasteiger partial charge in [-0.05, 0) is 19.7 Å². The number of amides is 1. The van der Waals surface area contributed by atoms with Gasteiger partial charge in [0.2, 0.25) is 0 Å². The average molecular weight is 272 g/mol. The summed E-state index contributed by atoms with van der Waals surface area (Å²) in [6.45, 7) is 0.746. The van der Waals surface area contributed by atoms with Crippen molar-refractivity contribution in [3.63, 3.8) is 0 Å². The van der Waals surface area contributed by atoms with Gasteiger partial charge in [-0.15, -0.1) is 0 Å². The molecule has 0 spiro atoms. The van der Waals surface area contributed by atoms with Crippen LogP contribution in [0.1, 0.15) is 22.0 Å². The van der Waals surface area contributed by atoms with Crippen LogP contribution < -0.4 is 5.32 Å². The summed E-state index contributed by atoms with van der Waals surface area (Å²) in [5.41, 5.74) is 1.67. The topological polar surface area (TPSA) is 50.2 Å². The molecule has 20 heavy (non-hydrogen) atoms. The smallest absolute Gasteiger partial charge is 0.254 e. The third-order valence-electron chi connectivity index (χ3n) is 3.02. The molecular weight excluding hydrogens is 252 g/mol. The third-order valence-corrected chi connectivity index (χ3v) is 3.02. The summed E-state index contributed by atoms with van der Waals surface area (Å²) in [6.07, 6.45) is 3.29. The standard InChI is InChI=1S/C15H20N4O/c1-18(2)11-14(12-7-5-4-6-8-12)17-15(20)13-9-16-19(3)10-13/h4-10,14H,11H2,1-3H3,(H,17,20). The number of aromatic nitrogens is 2. The number of benzene rings is 1. The van der Waals surface area contributed by atoms with Crippen molar-refractivity contribution in [3.8, 4) is 0 Å². The predicted octanol–water partition coefficient (Wildman–Crippen LogP) is 1.45. The molecule has 0 radical (unpaired) electrons. The van der Waals surface area contributed by atoms with Crippen molar-refractivity contribution in [1.82, 2.24) is 20.0 Å². The van der Waals surface area contributed by atoms with Crippen molar-refractivity contribution in [2.24, 2.45) is 7.05 Å². The predicted molar refractivity (Wildman–Crippen MR) is 78.4 cm³/mol. The summed E-state index contributed by atoms with van der Waals surface area (Å²) < 4.78 is 1.62. The maximum Gasteiger partial charge on any atom is 0.254 e. The minimum absolute atomic E-state index is 0.0427. The molecule has 0 aliphatic carbocycles. The van der Waals surface area contributed by atoms with Crippen molar-refractivity contribution in [2.75, 3.05) is 20.6 Å². The summed E-state index contributed by atoms with van der Waals surface area (Å²) >= 11 is 0. The van der Waals surface area contributed by atoms with Crippen LogP contribution in [0.4, 0.5) is 0 Å². The van der Waals surface area contributed by atoms with Gasteiger partial charge < -0.3 is 10.2 Å². The number of aryl methyl sites for hydroxylation is 1. The Kier molecular flexibility index (Phi) is 4.53. The first-order valence-electron chi connectivity index (χ1n) is 6.55. The van der Waals surface area contributed by atoms with Crippen molar-refractivity contribution in [2.45, 2.75) is 6.04 Å². The van der Waals surface area contributed by atoms with Crippen LogP contribution in [-0.4, -0.2) is 41.2 Å². The highest BCUT2D eigenvalue weighted by Gasteiger charge is 2.17. The van der Waals surface area contributed by atoms with Crippen molar-refractivity contribution in [3.05, 3.63) is 53.9 Å². The second kappa shape index (κ2) is 6.34. The highest BCUT2D eigenvalue weighted by molar-refractivity contribution is 5.93. The van der Waals surface area contributed by atoms with Gasteiger partial charge in [0.15, 0.2) is 0 Å². The van der Waals surface area contributed by atoms with Gasteiger partial charge in [-0.2, -0.15) is 5.10 Å². The first-order valence-corrected chi connectivity index (χ1v) is 6.55. The highest BCUT2D eigenvalue weighted by Crippen LogP contribution is 2.14. The zero-order valence-corrected chi connectivity index (χ0v) is 12.1. The van der Waals surface area contributed by atoms with E-state index >= 15 is 0 Å². The van der Waals surface area contributed by atoms with E-state index in [2.05, 4.69) is 15.3 Å². The Balaban J connectivity index is 2.14. The molecule has 106 valence electrons. The zero-order valence-electron chi connectivity index (χ0n) is 12.1. The number of carbonyl (C=O) groups excluding carboxylic acids is 1. The Labute approximate surface area is 119 Å². The molecule has 1 N–H and O–H groups in total. The van der Waals surface area contributed by atoms with E-state index in [-0.39, 0.29) is 11.9 Å². The van der Waals surface area contributed by atoms with Crippen LogP contribution in [0.2, 0.25) is 0 Å². The van der Waals surface area contributed by atoms with Crippen LogP contribution in [0, 0.1) is 0 Å². The highest BCUT2D eigenvalue weighted by atomic mass is 16.1. The zero-order chi connectivity index (χ0) is 14.5. The van der Waals surface area contributed by atoms with Crippen LogP contribution in [0.5, 0.6) is 0 Å². The molecule has 1 unspecified atom stereocenters. The van der Waals surface area contributed by atoms with Gasteiger partial charge in [-0.3, -0.25) is 9.48 Å². The molecule has 1 aromatic heterocycles. The number of hydrogen-bond acceptors (Lipinski definition) is 3. The average Bonchev–Trinajstić information content (AvgIpc) is 2.85. The monoisotopic (exact) mass is 272 g/mol.